The van der Waals surface area contributed by atoms with E-state index in [4.69, 9.17) is 0 Å². The zero-order valence-corrected chi connectivity index (χ0v) is 13.5. The van der Waals surface area contributed by atoms with Gasteiger partial charge in [-0.3, -0.25) is 4.79 Å². The number of aromatic nitrogens is 1. The maximum absolute atomic E-state index is 11.3. The van der Waals surface area contributed by atoms with E-state index >= 15 is 0 Å². The molecule has 1 aliphatic rings. The standard InChI is InChI=1S/C15H24N2O2S/c1-14(2)7-5-6-10(8-14)16-13-17-11(9-20-13)15(3,4)12(18)19/h9-10H,5-8H2,1-4H3,(H,16,17)(H,18,19). The third kappa shape index (κ3) is 3.32. The highest BCUT2D eigenvalue weighted by molar-refractivity contribution is 7.13. The van der Waals surface area contributed by atoms with Crippen LogP contribution in [0.3, 0.4) is 0 Å². The minimum atomic E-state index is -0.928. The number of hydrogen-bond acceptors (Lipinski definition) is 4. The Kier molecular flexibility index (Phi) is 4.09. The van der Waals surface area contributed by atoms with Crippen molar-refractivity contribution in [3.05, 3.63) is 11.1 Å². The molecule has 0 aromatic carbocycles. The van der Waals surface area contributed by atoms with Crippen LogP contribution in [-0.4, -0.2) is 22.1 Å². The predicted molar refractivity (Wildman–Crippen MR) is 82.4 cm³/mol. The molecule has 0 bridgehead atoms. The van der Waals surface area contributed by atoms with Crippen LogP contribution in [0.2, 0.25) is 0 Å². The predicted octanol–water partition coefficient (Wildman–Crippen LogP) is 3.89. The minimum Gasteiger partial charge on any atom is -0.481 e. The number of hydrogen-bond donors (Lipinski definition) is 2. The van der Waals surface area contributed by atoms with Gasteiger partial charge in [-0.05, 0) is 38.5 Å². The lowest BCUT2D eigenvalue weighted by Crippen LogP contribution is -2.32. The van der Waals surface area contributed by atoms with Gasteiger partial charge in [0, 0.05) is 11.4 Å². The van der Waals surface area contributed by atoms with Crippen molar-refractivity contribution in [3.63, 3.8) is 0 Å². The monoisotopic (exact) mass is 296 g/mol. The van der Waals surface area contributed by atoms with Crippen LogP contribution >= 0.6 is 11.3 Å². The quantitative estimate of drug-likeness (QED) is 0.885. The first kappa shape index (κ1) is 15.3. The van der Waals surface area contributed by atoms with E-state index in [1.165, 1.54) is 30.6 Å². The summed E-state index contributed by atoms with van der Waals surface area (Å²) in [6.07, 6.45) is 4.83. The molecule has 1 aromatic heterocycles. The van der Waals surface area contributed by atoms with Crippen molar-refractivity contribution in [2.24, 2.45) is 5.41 Å². The third-order valence-electron chi connectivity index (χ3n) is 4.21. The van der Waals surface area contributed by atoms with E-state index in [0.717, 1.165) is 11.6 Å². The van der Waals surface area contributed by atoms with Crippen LogP contribution in [-0.2, 0) is 10.2 Å². The van der Waals surface area contributed by atoms with E-state index < -0.39 is 11.4 Å². The van der Waals surface area contributed by atoms with Gasteiger partial charge in [0.05, 0.1) is 5.69 Å². The maximum Gasteiger partial charge on any atom is 0.315 e. The number of anilines is 1. The highest BCUT2D eigenvalue weighted by Gasteiger charge is 2.33. The molecule has 1 aromatic rings. The van der Waals surface area contributed by atoms with Crippen molar-refractivity contribution in [1.82, 2.24) is 4.98 Å². The molecule has 2 N–H and O–H groups in total. The molecule has 1 unspecified atom stereocenters. The number of nitrogens with zero attached hydrogens (tertiary/aromatic N) is 1. The summed E-state index contributed by atoms with van der Waals surface area (Å²) in [5.41, 5.74) is 0.0890. The number of aliphatic carboxylic acids is 1. The van der Waals surface area contributed by atoms with Crippen LogP contribution in [0.15, 0.2) is 5.38 Å². The molecule has 1 saturated carbocycles. The van der Waals surface area contributed by atoms with Gasteiger partial charge in [-0.25, -0.2) is 4.98 Å². The first-order valence-electron chi connectivity index (χ1n) is 7.17. The van der Waals surface area contributed by atoms with Gasteiger partial charge in [0.2, 0.25) is 0 Å². The number of carboxylic acids is 1. The summed E-state index contributed by atoms with van der Waals surface area (Å²) < 4.78 is 0. The number of thiazole rings is 1. The van der Waals surface area contributed by atoms with Crippen molar-refractivity contribution in [2.75, 3.05) is 5.32 Å². The Morgan fingerprint density at radius 1 is 1.55 bits per heavy atom. The van der Waals surface area contributed by atoms with E-state index in [9.17, 15) is 9.90 Å². The molecule has 4 nitrogen and oxygen atoms in total. The molecule has 0 saturated heterocycles. The first-order chi connectivity index (χ1) is 9.21. The summed E-state index contributed by atoms with van der Waals surface area (Å²) >= 11 is 1.50. The molecule has 5 heteroatoms. The van der Waals surface area contributed by atoms with Crippen LogP contribution in [0.4, 0.5) is 5.13 Å². The molecule has 1 fully saturated rings. The van der Waals surface area contributed by atoms with Gasteiger partial charge in [0.15, 0.2) is 5.13 Å². The molecule has 0 amide bonds. The second-order valence-corrected chi connectivity index (χ2v) is 7.93. The molecule has 1 atom stereocenters. The Bertz CT molecular complexity index is 494. The average Bonchev–Trinajstić information content (AvgIpc) is 2.76. The van der Waals surface area contributed by atoms with Crippen LogP contribution in [0.5, 0.6) is 0 Å². The summed E-state index contributed by atoms with van der Waals surface area (Å²) in [5.74, 6) is -0.840. The Labute approximate surface area is 124 Å². The SMILES string of the molecule is CC1(C)CCCC(Nc2nc(C(C)(C)C(=O)O)cs2)C1. The number of rotatable bonds is 4. The van der Waals surface area contributed by atoms with Crippen LogP contribution in [0.1, 0.15) is 59.1 Å². The summed E-state index contributed by atoms with van der Waals surface area (Å²) in [4.78, 5) is 15.7. The Morgan fingerprint density at radius 2 is 2.25 bits per heavy atom. The lowest BCUT2D eigenvalue weighted by Gasteiger charge is -2.35. The van der Waals surface area contributed by atoms with Crippen LogP contribution < -0.4 is 5.32 Å². The Balaban J connectivity index is 2.05. The molecule has 1 heterocycles. The molecule has 0 spiro atoms. The minimum absolute atomic E-state index is 0.385. The van der Waals surface area contributed by atoms with E-state index in [1.807, 2.05) is 5.38 Å². The van der Waals surface area contributed by atoms with Crippen LogP contribution in [0, 0.1) is 5.41 Å². The van der Waals surface area contributed by atoms with Gasteiger partial charge in [-0.15, -0.1) is 11.3 Å². The number of nitrogens with one attached hydrogen (secondary N) is 1. The van der Waals surface area contributed by atoms with Crippen molar-refractivity contribution < 1.29 is 9.90 Å². The Hall–Kier alpha value is -1.10. The van der Waals surface area contributed by atoms with Crippen molar-refractivity contribution in [1.29, 1.82) is 0 Å². The second-order valence-electron chi connectivity index (χ2n) is 7.07. The highest BCUT2D eigenvalue weighted by Crippen LogP contribution is 2.37. The van der Waals surface area contributed by atoms with Gasteiger partial charge < -0.3 is 10.4 Å². The molecule has 1 aliphatic carbocycles. The summed E-state index contributed by atoms with van der Waals surface area (Å²) in [5, 5.41) is 15.4. The van der Waals surface area contributed by atoms with E-state index in [0.29, 0.717) is 17.2 Å². The van der Waals surface area contributed by atoms with Gasteiger partial charge >= 0.3 is 5.97 Å². The molecule has 20 heavy (non-hydrogen) atoms. The lowest BCUT2D eigenvalue weighted by molar-refractivity contribution is -0.142. The fourth-order valence-corrected chi connectivity index (χ4v) is 3.69. The largest absolute Gasteiger partial charge is 0.481 e. The molecule has 112 valence electrons. The lowest BCUT2D eigenvalue weighted by atomic mass is 9.75. The second kappa shape index (κ2) is 5.35. The van der Waals surface area contributed by atoms with Crippen molar-refractivity contribution in [2.45, 2.75) is 64.8 Å². The van der Waals surface area contributed by atoms with Crippen molar-refractivity contribution in [3.8, 4) is 0 Å². The highest BCUT2D eigenvalue weighted by atomic mass is 32.1. The third-order valence-corrected chi connectivity index (χ3v) is 4.99. The fraction of sp³-hybridized carbons (Fsp3) is 0.733. The molecule has 0 aliphatic heterocycles. The van der Waals surface area contributed by atoms with Crippen LogP contribution in [0.25, 0.3) is 0 Å². The zero-order chi connectivity index (χ0) is 15.0. The van der Waals surface area contributed by atoms with E-state index in [2.05, 4.69) is 24.1 Å². The zero-order valence-electron chi connectivity index (χ0n) is 12.7. The van der Waals surface area contributed by atoms with E-state index in [1.54, 1.807) is 13.8 Å². The first-order valence-corrected chi connectivity index (χ1v) is 8.05. The fourth-order valence-electron chi connectivity index (χ4n) is 2.73. The number of carbonyl (C=O) groups is 1. The molecule has 2 rings (SSSR count). The summed E-state index contributed by atoms with van der Waals surface area (Å²) in [7, 11) is 0. The number of carboxylic acid groups (broad SMARTS) is 1. The van der Waals surface area contributed by atoms with Gasteiger partial charge in [0.25, 0.3) is 0 Å². The molecular formula is C15H24N2O2S. The maximum atomic E-state index is 11.3. The smallest absolute Gasteiger partial charge is 0.315 e. The summed E-state index contributed by atoms with van der Waals surface area (Å²) in [6, 6.07) is 0.450. The van der Waals surface area contributed by atoms with Gasteiger partial charge in [0.1, 0.15) is 5.41 Å². The average molecular weight is 296 g/mol. The molecular weight excluding hydrogens is 272 g/mol. The van der Waals surface area contributed by atoms with E-state index in [-0.39, 0.29) is 0 Å². The topological polar surface area (TPSA) is 62.2 Å². The Morgan fingerprint density at radius 3 is 2.85 bits per heavy atom. The molecule has 0 radical (unpaired) electrons. The van der Waals surface area contributed by atoms with Gasteiger partial charge in [-0.1, -0.05) is 20.3 Å². The van der Waals surface area contributed by atoms with Crippen molar-refractivity contribution >= 4 is 22.4 Å². The van der Waals surface area contributed by atoms with Gasteiger partial charge in [-0.2, -0.15) is 0 Å². The normalized spacial score (nSPS) is 22.5. The summed E-state index contributed by atoms with van der Waals surface area (Å²) in [6.45, 7) is 8.00.